The second-order valence-electron chi connectivity index (χ2n) is 4.21. The Hall–Kier alpha value is -2.49. The fraction of sp³-hybridized carbons (Fsp3) is 0.0667. The largest absolute Gasteiger partial charge is 0.366 e. The van der Waals surface area contributed by atoms with Crippen molar-refractivity contribution in [3.63, 3.8) is 0 Å². The summed E-state index contributed by atoms with van der Waals surface area (Å²) in [6, 6.07) is 13.0. The number of hydrogen-bond acceptors (Lipinski definition) is 3. The molecule has 1 N–H and O–H groups in total. The minimum absolute atomic E-state index is 0.336. The highest BCUT2D eigenvalue weighted by Crippen LogP contribution is 2.17. The number of fused-ring (bicyclic) bond motifs is 1. The number of halogens is 1. The van der Waals surface area contributed by atoms with Gasteiger partial charge in [-0.3, -0.25) is 4.98 Å². The molecular weight excluding hydrogens is 241 g/mol. The lowest BCUT2D eigenvalue weighted by Gasteiger charge is -2.07. The van der Waals surface area contributed by atoms with Crippen LogP contribution in [0.5, 0.6) is 0 Å². The van der Waals surface area contributed by atoms with Crippen LogP contribution in [0.1, 0.15) is 5.56 Å². The van der Waals surface area contributed by atoms with Crippen LogP contribution in [0.4, 0.5) is 10.2 Å². The molecule has 0 amide bonds. The molecule has 2 aromatic heterocycles. The first-order chi connectivity index (χ1) is 9.33. The Labute approximate surface area is 110 Å². The summed E-state index contributed by atoms with van der Waals surface area (Å²) in [5, 5.41) is 4.27. The number of nitrogens with zero attached hydrogens (tertiary/aromatic N) is 2. The van der Waals surface area contributed by atoms with Gasteiger partial charge in [-0.15, -0.1) is 0 Å². The fourth-order valence-corrected chi connectivity index (χ4v) is 1.98. The van der Waals surface area contributed by atoms with Crippen LogP contribution in [0.15, 0.2) is 54.9 Å². The summed E-state index contributed by atoms with van der Waals surface area (Å²) in [6.07, 6.45) is 2.98. The molecule has 0 saturated carbocycles. The van der Waals surface area contributed by atoms with Crippen molar-refractivity contribution in [2.45, 2.75) is 6.54 Å². The Morgan fingerprint density at radius 1 is 1.00 bits per heavy atom. The first-order valence-corrected chi connectivity index (χ1v) is 6.01. The van der Waals surface area contributed by atoms with Crippen molar-refractivity contribution >= 4 is 16.7 Å². The molecule has 3 nitrogen and oxygen atoms in total. The van der Waals surface area contributed by atoms with Crippen LogP contribution in [-0.4, -0.2) is 9.97 Å². The average molecular weight is 253 g/mol. The van der Waals surface area contributed by atoms with Gasteiger partial charge in [-0.05, 0) is 23.8 Å². The van der Waals surface area contributed by atoms with Crippen LogP contribution >= 0.6 is 0 Å². The van der Waals surface area contributed by atoms with E-state index in [2.05, 4.69) is 15.3 Å². The quantitative estimate of drug-likeness (QED) is 0.777. The summed E-state index contributed by atoms with van der Waals surface area (Å²) in [4.78, 5) is 8.35. The molecule has 0 aliphatic rings. The number of aromatic nitrogens is 2. The first-order valence-electron chi connectivity index (χ1n) is 6.01. The number of anilines is 1. The van der Waals surface area contributed by atoms with Gasteiger partial charge < -0.3 is 5.32 Å². The molecule has 2 heterocycles. The van der Waals surface area contributed by atoms with Crippen LogP contribution in [0.3, 0.4) is 0 Å². The summed E-state index contributed by atoms with van der Waals surface area (Å²) in [5.41, 5.74) is 2.06. The number of hydrogen-bond donors (Lipinski definition) is 1. The maximum absolute atomic E-state index is 12.8. The Morgan fingerprint density at radius 2 is 1.89 bits per heavy atom. The van der Waals surface area contributed by atoms with Gasteiger partial charge in [0, 0.05) is 18.1 Å². The molecule has 0 aliphatic carbocycles. The highest BCUT2D eigenvalue weighted by molar-refractivity contribution is 5.81. The molecular formula is C15H12FN3. The van der Waals surface area contributed by atoms with E-state index < -0.39 is 0 Å². The molecule has 0 saturated heterocycles. The van der Waals surface area contributed by atoms with E-state index in [4.69, 9.17) is 0 Å². The van der Waals surface area contributed by atoms with Crippen molar-refractivity contribution in [2.75, 3.05) is 5.32 Å². The third-order valence-corrected chi connectivity index (χ3v) is 2.90. The highest BCUT2D eigenvalue weighted by atomic mass is 19.1. The van der Waals surface area contributed by atoms with Crippen molar-refractivity contribution in [2.24, 2.45) is 0 Å². The van der Waals surface area contributed by atoms with E-state index in [9.17, 15) is 4.39 Å². The molecule has 4 heteroatoms. The van der Waals surface area contributed by atoms with Gasteiger partial charge >= 0.3 is 0 Å². The van der Waals surface area contributed by atoms with Crippen molar-refractivity contribution in [1.29, 1.82) is 0 Å². The third-order valence-electron chi connectivity index (χ3n) is 2.90. The minimum Gasteiger partial charge on any atom is -0.366 e. The smallest absolute Gasteiger partial charge is 0.141 e. The summed E-state index contributed by atoms with van der Waals surface area (Å²) in [5.74, 6) is 0.312. The molecule has 0 unspecified atom stereocenters. The number of benzene rings is 1. The summed E-state index contributed by atoms with van der Waals surface area (Å²) in [7, 11) is 0. The van der Waals surface area contributed by atoms with Gasteiger partial charge in [-0.1, -0.05) is 24.3 Å². The number of nitrogens with one attached hydrogen (secondary N) is 1. The minimum atomic E-state index is -0.336. The predicted molar refractivity (Wildman–Crippen MR) is 73.3 cm³/mol. The zero-order valence-electron chi connectivity index (χ0n) is 10.2. The van der Waals surface area contributed by atoms with Gasteiger partial charge in [0.15, 0.2) is 0 Å². The monoisotopic (exact) mass is 253 g/mol. The molecule has 0 radical (unpaired) electrons. The maximum atomic E-state index is 12.8. The zero-order valence-corrected chi connectivity index (χ0v) is 10.2. The lowest BCUT2D eigenvalue weighted by Crippen LogP contribution is -2.02. The molecule has 0 fully saturated rings. The normalized spacial score (nSPS) is 10.6. The molecule has 0 bridgehead atoms. The summed E-state index contributed by atoms with van der Waals surface area (Å²) < 4.78 is 12.8. The molecule has 0 spiro atoms. The van der Waals surface area contributed by atoms with Crippen LogP contribution in [0.25, 0.3) is 10.9 Å². The van der Waals surface area contributed by atoms with Gasteiger partial charge in [-0.2, -0.15) is 0 Å². The topological polar surface area (TPSA) is 37.8 Å². The SMILES string of the molecule is Fc1ccc(NCc2cccc3cccnc23)nc1. The molecule has 0 atom stereocenters. The zero-order chi connectivity index (χ0) is 13.1. The standard InChI is InChI=1S/C15H12FN3/c16-13-6-7-14(19-10-13)18-9-12-4-1-3-11-5-2-8-17-15(11)12/h1-8,10H,9H2,(H,18,19). The van der Waals surface area contributed by atoms with Gasteiger partial charge in [0.1, 0.15) is 11.6 Å². The molecule has 0 aliphatic heterocycles. The second-order valence-corrected chi connectivity index (χ2v) is 4.21. The Balaban J connectivity index is 1.84. The van der Waals surface area contributed by atoms with Gasteiger partial charge in [0.2, 0.25) is 0 Å². The van der Waals surface area contributed by atoms with E-state index in [0.717, 1.165) is 16.5 Å². The number of rotatable bonds is 3. The number of pyridine rings is 2. The lowest BCUT2D eigenvalue weighted by molar-refractivity contribution is 0.621. The van der Waals surface area contributed by atoms with E-state index in [1.54, 1.807) is 12.3 Å². The van der Waals surface area contributed by atoms with E-state index in [1.807, 2.05) is 30.3 Å². The molecule has 19 heavy (non-hydrogen) atoms. The fourth-order valence-electron chi connectivity index (χ4n) is 1.98. The molecule has 3 rings (SSSR count). The van der Waals surface area contributed by atoms with E-state index in [1.165, 1.54) is 12.3 Å². The summed E-state index contributed by atoms with van der Waals surface area (Å²) >= 11 is 0. The van der Waals surface area contributed by atoms with Gasteiger partial charge in [0.25, 0.3) is 0 Å². The second kappa shape index (κ2) is 5.02. The Bertz CT molecular complexity index is 690. The molecule has 1 aromatic carbocycles. The Kier molecular flexibility index (Phi) is 3.06. The predicted octanol–water partition coefficient (Wildman–Crippen LogP) is 3.38. The summed E-state index contributed by atoms with van der Waals surface area (Å²) in [6.45, 7) is 0.604. The first kappa shape index (κ1) is 11.6. The van der Waals surface area contributed by atoms with Crippen molar-refractivity contribution in [1.82, 2.24) is 9.97 Å². The third kappa shape index (κ3) is 2.52. The van der Waals surface area contributed by atoms with Gasteiger partial charge in [0.05, 0.1) is 11.7 Å². The molecule has 3 aromatic rings. The molecule has 94 valence electrons. The van der Waals surface area contributed by atoms with Crippen molar-refractivity contribution in [3.8, 4) is 0 Å². The van der Waals surface area contributed by atoms with Crippen molar-refractivity contribution < 1.29 is 4.39 Å². The van der Waals surface area contributed by atoms with E-state index >= 15 is 0 Å². The average Bonchev–Trinajstić information content (AvgIpc) is 2.47. The lowest BCUT2D eigenvalue weighted by atomic mass is 10.1. The van der Waals surface area contributed by atoms with Crippen LogP contribution in [0, 0.1) is 5.82 Å². The van der Waals surface area contributed by atoms with E-state index in [-0.39, 0.29) is 5.82 Å². The number of para-hydroxylation sites is 1. The van der Waals surface area contributed by atoms with Crippen LogP contribution < -0.4 is 5.32 Å². The maximum Gasteiger partial charge on any atom is 0.141 e. The van der Waals surface area contributed by atoms with Crippen LogP contribution in [0.2, 0.25) is 0 Å². The highest BCUT2D eigenvalue weighted by Gasteiger charge is 2.02. The van der Waals surface area contributed by atoms with Crippen molar-refractivity contribution in [3.05, 3.63) is 66.2 Å². The Morgan fingerprint density at radius 3 is 2.74 bits per heavy atom. The van der Waals surface area contributed by atoms with E-state index in [0.29, 0.717) is 12.4 Å². The van der Waals surface area contributed by atoms with Crippen LogP contribution in [-0.2, 0) is 6.54 Å². The van der Waals surface area contributed by atoms with Gasteiger partial charge in [-0.25, -0.2) is 9.37 Å².